The molecule has 0 N–H and O–H groups in total. The van der Waals surface area contributed by atoms with Crippen molar-refractivity contribution in [1.29, 1.82) is 0 Å². The Morgan fingerprint density at radius 1 is 0.811 bits per heavy atom. The maximum atomic E-state index is 14.8. The first-order valence-corrected chi connectivity index (χ1v) is 13.5. The van der Waals surface area contributed by atoms with Gasteiger partial charge in [0.25, 0.3) is 0 Å². The predicted octanol–water partition coefficient (Wildman–Crippen LogP) is 7.96. The number of rotatable bonds is 6. The van der Waals surface area contributed by atoms with Crippen molar-refractivity contribution in [3.8, 4) is 0 Å². The first kappa shape index (κ1) is 24.2. The second kappa shape index (κ2) is 10.3. The Morgan fingerprint density at radius 3 is 2.38 bits per heavy atom. The zero-order valence-electron chi connectivity index (χ0n) is 21.1. The zero-order valence-corrected chi connectivity index (χ0v) is 21.1. The van der Waals surface area contributed by atoms with Crippen LogP contribution < -0.4 is 0 Å². The van der Waals surface area contributed by atoms with E-state index in [-0.39, 0.29) is 12.2 Å². The van der Waals surface area contributed by atoms with Gasteiger partial charge >= 0.3 is 0 Å². The minimum Gasteiger partial charge on any atom is -0.295 e. The molecule has 0 bridgehead atoms. The Morgan fingerprint density at radius 2 is 1.57 bits per heavy atom. The minimum atomic E-state index is -2.23. The van der Waals surface area contributed by atoms with Crippen molar-refractivity contribution in [2.45, 2.75) is 51.4 Å². The van der Waals surface area contributed by atoms with Crippen molar-refractivity contribution in [1.82, 2.24) is 4.90 Å². The summed E-state index contributed by atoms with van der Waals surface area (Å²) < 4.78 is 39.7. The van der Waals surface area contributed by atoms with Gasteiger partial charge in [0.2, 0.25) is 6.43 Å². The summed E-state index contributed by atoms with van der Waals surface area (Å²) in [5.41, 5.74) is 12.3. The van der Waals surface area contributed by atoms with E-state index in [2.05, 4.69) is 59.5 Å². The van der Waals surface area contributed by atoms with Crippen molar-refractivity contribution in [2.75, 3.05) is 19.6 Å². The summed E-state index contributed by atoms with van der Waals surface area (Å²) in [6.07, 6.45) is 5.96. The summed E-state index contributed by atoms with van der Waals surface area (Å²) in [5.74, 6) is -0.134. The molecular weight excluding hydrogens is 467 g/mol. The molecule has 1 heterocycles. The zero-order chi connectivity index (χ0) is 25.4. The largest absolute Gasteiger partial charge is 0.295 e. The molecule has 0 unspecified atom stereocenters. The molecule has 0 amide bonds. The average molecular weight is 500 g/mol. The Kier molecular flexibility index (Phi) is 6.77. The Balaban J connectivity index is 1.37. The number of aryl methyl sites for hydroxylation is 2. The number of alkyl halides is 2. The van der Waals surface area contributed by atoms with Gasteiger partial charge in [0.1, 0.15) is 5.82 Å². The smallest absolute Gasteiger partial charge is 0.239 e. The summed E-state index contributed by atoms with van der Waals surface area (Å²) in [4.78, 5) is 2.06. The van der Waals surface area contributed by atoms with Gasteiger partial charge in [0.05, 0.1) is 0 Å². The van der Waals surface area contributed by atoms with Crippen LogP contribution in [0.3, 0.4) is 0 Å². The van der Waals surface area contributed by atoms with Crippen LogP contribution in [-0.4, -0.2) is 31.0 Å². The van der Waals surface area contributed by atoms with Gasteiger partial charge in [0.15, 0.2) is 0 Å². The van der Waals surface area contributed by atoms with E-state index in [1.165, 1.54) is 39.0 Å². The maximum Gasteiger partial charge on any atom is 0.239 e. The van der Waals surface area contributed by atoms with Gasteiger partial charge in [0, 0.05) is 26.1 Å². The van der Waals surface area contributed by atoms with Crippen LogP contribution in [0, 0.1) is 5.82 Å². The molecule has 1 aliphatic heterocycles. The van der Waals surface area contributed by atoms with E-state index in [1.807, 2.05) is 0 Å². The number of hydrogen-bond donors (Lipinski definition) is 0. The van der Waals surface area contributed by atoms with Crippen molar-refractivity contribution in [3.63, 3.8) is 0 Å². The molecular formula is C33H32F3N. The highest BCUT2D eigenvalue weighted by molar-refractivity contribution is 6.00. The van der Waals surface area contributed by atoms with Crippen LogP contribution in [0.1, 0.15) is 64.6 Å². The van der Waals surface area contributed by atoms with Crippen LogP contribution in [0.5, 0.6) is 0 Å². The predicted molar refractivity (Wildman–Crippen MR) is 145 cm³/mol. The van der Waals surface area contributed by atoms with Crippen LogP contribution in [0.15, 0.2) is 66.2 Å². The average Bonchev–Trinajstić information content (AvgIpc) is 3.25. The second-order valence-corrected chi connectivity index (χ2v) is 10.6. The second-order valence-electron chi connectivity index (χ2n) is 10.6. The monoisotopic (exact) mass is 499 g/mol. The summed E-state index contributed by atoms with van der Waals surface area (Å²) in [6.45, 7) is 1.98. The van der Waals surface area contributed by atoms with E-state index in [0.717, 1.165) is 68.3 Å². The molecule has 0 spiro atoms. The number of nitrogens with zero attached hydrogens (tertiary/aromatic N) is 1. The highest BCUT2D eigenvalue weighted by Gasteiger charge is 2.25. The van der Waals surface area contributed by atoms with E-state index in [4.69, 9.17) is 0 Å². The lowest BCUT2D eigenvalue weighted by Gasteiger charge is -2.34. The molecule has 0 atom stereocenters. The molecule has 3 aromatic rings. The number of halogens is 3. The van der Waals surface area contributed by atoms with Crippen LogP contribution in [0.25, 0.3) is 17.2 Å². The van der Waals surface area contributed by atoms with Crippen LogP contribution in [0.2, 0.25) is 0 Å². The molecule has 190 valence electrons. The molecule has 1 nitrogen and oxygen atoms in total. The van der Waals surface area contributed by atoms with Gasteiger partial charge < -0.3 is 0 Å². The molecule has 3 aliphatic rings. The van der Waals surface area contributed by atoms with Gasteiger partial charge in [-0.05, 0) is 106 Å². The molecule has 4 heteroatoms. The Bertz CT molecular complexity index is 1360. The molecule has 1 fully saturated rings. The lowest BCUT2D eigenvalue weighted by atomic mass is 9.85. The van der Waals surface area contributed by atoms with E-state index in [1.54, 1.807) is 12.1 Å². The first-order valence-electron chi connectivity index (χ1n) is 13.5. The molecule has 1 saturated heterocycles. The third kappa shape index (κ3) is 5.04. The topological polar surface area (TPSA) is 3.24 Å². The van der Waals surface area contributed by atoms with Gasteiger partial charge in [-0.3, -0.25) is 4.90 Å². The molecule has 0 aromatic heterocycles. The normalized spacial score (nSPS) is 17.5. The van der Waals surface area contributed by atoms with Crippen molar-refractivity contribution < 1.29 is 13.2 Å². The maximum absolute atomic E-state index is 14.8. The summed E-state index contributed by atoms with van der Waals surface area (Å²) >= 11 is 0. The first-order chi connectivity index (χ1) is 18.0. The van der Waals surface area contributed by atoms with Gasteiger partial charge in [-0.2, -0.15) is 0 Å². The number of benzene rings is 3. The highest BCUT2D eigenvalue weighted by Crippen LogP contribution is 2.43. The van der Waals surface area contributed by atoms with Crippen LogP contribution >= 0.6 is 0 Å². The summed E-state index contributed by atoms with van der Waals surface area (Å²) in [5, 5.41) is 0. The standard InChI is InChI=1S/C33H32F3N/c34-27-18-26-7-4-9-28(26)31(19-27)30-10-3-6-24-5-1-2-8-29(24)33(30)25-13-11-22(12-14-25)17-23-20-37(21-23)16-15-32(35)36/h1-2,5,8,11-14,17-19,32H,3-4,6-7,9-10,15-16,20-21H2. The van der Waals surface area contributed by atoms with Crippen molar-refractivity contribution >= 4 is 17.2 Å². The number of likely N-dealkylation sites (tertiary alicyclic amines) is 1. The van der Waals surface area contributed by atoms with Crippen molar-refractivity contribution in [3.05, 3.63) is 111 Å². The Labute approximate surface area is 217 Å². The van der Waals surface area contributed by atoms with Gasteiger partial charge in [-0.25, -0.2) is 13.2 Å². The quantitative estimate of drug-likeness (QED) is 0.332. The van der Waals surface area contributed by atoms with Crippen LogP contribution in [0.4, 0.5) is 13.2 Å². The highest BCUT2D eigenvalue weighted by atomic mass is 19.3. The third-order valence-electron chi connectivity index (χ3n) is 8.05. The molecule has 3 aromatic carbocycles. The number of fused-ring (bicyclic) bond motifs is 2. The minimum absolute atomic E-state index is 0.0601. The SMILES string of the molecule is Fc1cc2c(c(C3=C(c4ccc(C=C5CN(CCC(F)F)C5)cc4)c4ccccc4CCC3)c1)CCC2. The molecule has 2 aliphatic carbocycles. The van der Waals surface area contributed by atoms with Crippen LogP contribution in [-0.2, 0) is 19.3 Å². The van der Waals surface area contributed by atoms with Crippen molar-refractivity contribution in [2.24, 2.45) is 0 Å². The number of hydrogen-bond acceptors (Lipinski definition) is 1. The Hall–Kier alpha value is -3.11. The molecule has 6 rings (SSSR count). The fraction of sp³-hybridized carbons (Fsp3) is 0.333. The molecule has 0 saturated carbocycles. The third-order valence-corrected chi connectivity index (χ3v) is 8.05. The van der Waals surface area contributed by atoms with Gasteiger partial charge in [-0.15, -0.1) is 0 Å². The van der Waals surface area contributed by atoms with E-state index in [0.29, 0.717) is 6.54 Å². The van der Waals surface area contributed by atoms with E-state index in [9.17, 15) is 13.2 Å². The number of allylic oxidation sites excluding steroid dienone is 1. The molecule has 0 radical (unpaired) electrons. The summed E-state index contributed by atoms with van der Waals surface area (Å²) in [7, 11) is 0. The fourth-order valence-corrected chi connectivity index (χ4v) is 6.30. The fourth-order valence-electron chi connectivity index (χ4n) is 6.30. The van der Waals surface area contributed by atoms with E-state index >= 15 is 0 Å². The lowest BCUT2D eigenvalue weighted by Crippen LogP contribution is -2.40. The molecule has 37 heavy (non-hydrogen) atoms. The summed E-state index contributed by atoms with van der Waals surface area (Å²) in [6, 6.07) is 20.8. The van der Waals surface area contributed by atoms with E-state index < -0.39 is 6.43 Å². The lowest BCUT2D eigenvalue weighted by molar-refractivity contribution is 0.111. The van der Waals surface area contributed by atoms with Gasteiger partial charge in [-0.1, -0.05) is 54.6 Å².